The van der Waals surface area contributed by atoms with E-state index in [1.54, 1.807) is 0 Å². The average molecular weight is 343 g/mol. The van der Waals surface area contributed by atoms with Crippen LogP contribution in [0.3, 0.4) is 0 Å². The SMILES string of the molecule is CCC(OC(=O)CCCCCCCCC(=O)OCC(C)C)C(C)C. The molecular weight excluding hydrogens is 304 g/mol. The lowest BCUT2D eigenvalue weighted by molar-refractivity contribution is -0.151. The fraction of sp³-hybridized carbons (Fsp3) is 0.900. The van der Waals surface area contributed by atoms with Crippen molar-refractivity contribution >= 4 is 11.9 Å². The first-order valence-corrected chi connectivity index (χ1v) is 9.71. The van der Waals surface area contributed by atoms with Crippen molar-refractivity contribution in [3.05, 3.63) is 0 Å². The van der Waals surface area contributed by atoms with Gasteiger partial charge in [0.2, 0.25) is 0 Å². The smallest absolute Gasteiger partial charge is 0.306 e. The van der Waals surface area contributed by atoms with Gasteiger partial charge in [0.05, 0.1) is 6.61 Å². The summed E-state index contributed by atoms with van der Waals surface area (Å²) in [7, 11) is 0. The third-order valence-corrected chi connectivity index (χ3v) is 4.02. The van der Waals surface area contributed by atoms with E-state index in [0.717, 1.165) is 44.9 Å². The van der Waals surface area contributed by atoms with E-state index in [0.29, 0.717) is 31.3 Å². The molecule has 0 spiro atoms. The molecular formula is C20H38O4. The van der Waals surface area contributed by atoms with E-state index in [1.165, 1.54) is 0 Å². The molecule has 0 aromatic heterocycles. The highest BCUT2D eigenvalue weighted by atomic mass is 16.5. The van der Waals surface area contributed by atoms with Crippen molar-refractivity contribution in [3.63, 3.8) is 0 Å². The number of rotatable bonds is 14. The van der Waals surface area contributed by atoms with E-state index in [9.17, 15) is 9.59 Å². The van der Waals surface area contributed by atoms with E-state index >= 15 is 0 Å². The van der Waals surface area contributed by atoms with Gasteiger partial charge in [0.1, 0.15) is 6.10 Å². The number of ether oxygens (including phenoxy) is 2. The van der Waals surface area contributed by atoms with E-state index in [2.05, 4.69) is 20.8 Å². The van der Waals surface area contributed by atoms with Crippen molar-refractivity contribution in [2.24, 2.45) is 11.8 Å². The van der Waals surface area contributed by atoms with Gasteiger partial charge in [-0.05, 0) is 31.1 Å². The molecule has 0 aromatic rings. The molecule has 4 nitrogen and oxygen atoms in total. The Morgan fingerprint density at radius 3 is 1.75 bits per heavy atom. The highest BCUT2D eigenvalue weighted by molar-refractivity contribution is 5.69. The van der Waals surface area contributed by atoms with Crippen molar-refractivity contribution in [1.82, 2.24) is 0 Å². The fourth-order valence-electron chi connectivity index (χ4n) is 2.50. The summed E-state index contributed by atoms with van der Waals surface area (Å²) in [5, 5.41) is 0. The zero-order valence-corrected chi connectivity index (χ0v) is 16.4. The molecule has 1 atom stereocenters. The molecule has 0 heterocycles. The van der Waals surface area contributed by atoms with Gasteiger partial charge in [-0.1, -0.05) is 60.3 Å². The third-order valence-electron chi connectivity index (χ3n) is 4.02. The van der Waals surface area contributed by atoms with Crippen molar-refractivity contribution in [1.29, 1.82) is 0 Å². The van der Waals surface area contributed by atoms with E-state index in [-0.39, 0.29) is 18.0 Å². The maximum atomic E-state index is 11.8. The zero-order chi connectivity index (χ0) is 18.4. The number of esters is 2. The third kappa shape index (κ3) is 13.4. The van der Waals surface area contributed by atoms with Crippen LogP contribution in [0.25, 0.3) is 0 Å². The second-order valence-electron chi connectivity index (χ2n) is 7.38. The molecule has 0 aromatic carbocycles. The Morgan fingerprint density at radius 2 is 1.29 bits per heavy atom. The molecule has 0 saturated carbocycles. The van der Waals surface area contributed by atoms with Crippen molar-refractivity contribution in [2.45, 2.75) is 98.5 Å². The Morgan fingerprint density at radius 1 is 0.792 bits per heavy atom. The Kier molecular flexibility index (Phi) is 13.7. The van der Waals surface area contributed by atoms with Gasteiger partial charge in [-0.3, -0.25) is 9.59 Å². The minimum Gasteiger partial charge on any atom is -0.465 e. The molecule has 0 fully saturated rings. The summed E-state index contributed by atoms with van der Waals surface area (Å²) >= 11 is 0. The van der Waals surface area contributed by atoms with E-state index in [1.807, 2.05) is 13.8 Å². The molecule has 24 heavy (non-hydrogen) atoms. The van der Waals surface area contributed by atoms with Crippen LogP contribution in [0.2, 0.25) is 0 Å². The van der Waals surface area contributed by atoms with Crippen molar-refractivity contribution < 1.29 is 19.1 Å². The molecule has 1 unspecified atom stereocenters. The Labute approximate surface area is 148 Å². The molecule has 0 aliphatic heterocycles. The summed E-state index contributed by atoms with van der Waals surface area (Å²) in [5.74, 6) is 0.630. The first kappa shape index (κ1) is 22.9. The monoisotopic (exact) mass is 342 g/mol. The number of unbranched alkanes of at least 4 members (excludes halogenated alkanes) is 5. The molecule has 142 valence electrons. The van der Waals surface area contributed by atoms with Gasteiger partial charge < -0.3 is 9.47 Å². The van der Waals surface area contributed by atoms with Crippen LogP contribution in [-0.4, -0.2) is 24.6 Å². The van der Waals surface area contributed by atoms with Crippen LogP contribution in [0, 0.1) is 11.8 Å². The van der Waals surface area contributed by atoms with Crippen molar-refractivity contribution in [2.75, 3.05) is 6.61 Å². The minimum absolute atomic E-state index is 0.0490. The molecule has 0 N–H and O–H groups in total. The van der Waals surface area contributed by atoms with Crippen LogP contribution < -0.4 is 0 Å². The maximum absolute atomic E-state index is 11.8. The van der Waals surface area contributed by atoms with Gasteiger partial charge in [-0.15, -0.1) is 0 Å². The number of hydrogen-bond acceptors (Lipinski definition) is 4. The predicted octanol–water partition coefficient (Wildman–Crippen LogP) is 5.28. The van der Waals surface area contributed by atoms with Crippen LogP contribution in [0.4, 0.5) is 0 Å². The first-order valence-electron chi connectivity index (χ1n) is 9.71. The summed E-state index contributed by atoms with van der Waals surface area (Å²) in [6.45, 7) is 10.8. The molecule has 0 radical (unpaired) electrons. The molecule has 0 amide bonds. The predicted molar refractivity (Wildman–Crippen MR) is 97.7 cm³/mol. The van der Waals surface area contributed by atoms with Gasteiger partial charge in [0.25, 0.3) is 0 Å². The van der Waals surface area contributed by atoms with Crippen LogP contribution in [0.15, 0.2) is 0 Å². The van der Waals surface area contributed by atoms with E-state index < -0.39 is 0 Å². The average Bonchev–Trinajstić information content (AvgIpc) is 2.52. The molecule has 0 aliphatic rings. The lowest BCUT2D eigenvalue weighted by Crippen LogP contribution is -2.22. The Hall–Kier alpha value is -1.06. The lowest BCUT2D eigenvalue weighted by Gasteiger charge is -2.19. The standard InChI is InChI=1S/C20H38O4/c1-6-18(17(4)5)24-20(22)14-12-10-8-7-9-11-13-19(21)23-15-16(2)3/h16-18H,6-15H2,1-5H3. The van der Waals surface area contributed by atoms with Crippen LogP contribution in [-0.2, 0) is 19.1 Å². The van der Waals surface area contributed by atoms with Gasteiger partial charge in [0, 0.05) is 12.8 Å². The van der Waals surface area contributed by atoms with Crippen LogP contribution in [0.5, 0.6) is 0 Å². The largest absolute Gasteiger partial charge is 0.465 e. The summed E-state index contributed by atoms with van der Waals surface area (Å²) < 4.78 is 10.6. The van der Waals surface area contributed by atoms with Crippen LogP contribution in [0.1, 0.15) is 92.4 Å². The minimum atomic E-state index is -0.0814. The van der Waals surface area contributed by atoms with Crippen LogP contribution >= 0.6 is 0 Å². The fourth-order valence-corrected chi connectivity index (χ4v) is 2.50. The number of carbonyl (C=O) groups excluding carboxylic acids is 2. The summed E-state index contributed by atoms with van der Waals surface area (Å²) in [6.07, 6.45) is 8.06. The second kappa shape index (κ2) is 14.3. The molecule has 0 aliphatic carbocycles. The van der Waals surface area contributed by atoms with Gasteiger partial charge >= 0.3 is 11.9 Å². The topological polar surface area (TPSA) is 52.6 Å². The van der Waals surface area contributed by atoms with E-state index in [4.69, 9.17) is 9.47 Å². The zero-order valence-electron chi connectivity index (χ0n) is 16.4. The highest BCUT2D eigenvalue weighted by Crippen LogP contribution is 2.14. The number of carbonyl (C=O) groups is 2. The summed E-state index contributed by atoms with van der Waals surface area (Å²) in [6, 6.07) is 0. The summed E-state index contributed by atoms with van der Waals surface area (Å²) in [4.78, 5) is 23.2. The molecule has 0 bridgehead atoms. The van der Waals surface area contributed by atoms with Gasteiger partial charge in [0.15, 0.2) is 0 Å². The van der Waals surface area contributed by atoms with Crippen molar-refractivity contribution in [3.8, 4) is 0 Å². The molecule has 0 rings (SSSR count). The Bertz CT molecular complexity index is 337. The molecule has 0 saturated heterocycles. The summed E-state index contributed by atoms with van der Waals surface area (Å²) in [5.41, 5.74) is 0. The highest BCUT2D eigenvalue weighted by Gasteiger charge is 2.15. The maximum Gasteiger partial charge on any atom is 0.306 e. The quantitative estimate of drug-likeness (QED) is 0.318. The van der Waals surface area contributed by atoms with Gasteiger partial charge in [-0.25, -0.2) is 0 Å². The first-order chi connectivity index (χ1) is 11.4. The van der Waals surface area contributed by atoms with Gasteiger partial charge in [-0.2, -0.15) is 0 Å². The molecule has 4 heteroatoms. The normalized spacial score (nSPS) is 12.5. The second-order valence-corrected chi connectivity index (χ2v) is 7.38. The number of hydrogen-bond donors (Lipinski definition) is 0. The Balaban J connectivity index is 3.48. The lowest BCUT2D eigenvalue weighted by atomic mass is 10.1.